The molecule has 1 aromatic heterocycles. The van der Waals surface area contributed by atoms with Crippen LogP contribution in [0.3, 0.4) is 0 Å². The monoisotopic (exact) mass is 349 g/mol. The Morgan fingerprint density at radius 2 is 1.88 bits per heavy atom. The molecule has 0 saturated heterocycles. The second-order valence-electron chi connectivity index (χ2n) is 4.89. The molecule has 0 N–H and O–H groups in total. The molecular formula is C16H17N2O5S-. The minimum absolute atomic E-state index is 0.101. The van der Waals surface area contributed by atoms with E-state index in [1.165, 1.54) is 17.6 Å². The quantitative estimate of drug-likeness (QED) is 0.558. The lowest BCUT2D eigenvalue weighted by atomic mass is 10.2. The van der Waals surface area contributed by atoms with Gasteiger partial charge in [-0.1, -0.05) is 12.1 Å². The fraction of sp³-hybridized carbons (Fsp3) is 0.250. The molecule has 0 saturated carbocycles. The molecule has 7 nitrogen and oxygen atoms in total. The number of pyridine rings is 1. The molecular weight excluding hydrogens is 332 g/mol. The summed E-state index contributed by atoms with van der Waals surface area (Å²) >= 11 is -2.41. The van der Waals surface area contributed by atoms with E-state index < -0.39 is 17.2 Å². The summed E-state index contributed by atoms with van der Waals surface area (Å²) in [6.07, 6.45) is 1.36. The number of rotatable bonds is 7. The maximum Gasteiger partial charge on any atom is 0.339 e. The maximum absolute atomic E-state index is 11.5. The van der Waals surface area contributed by atoms with Crippen LogP contribution in [0.25, 0.3) is 0 Å². The van der Waals surface area contributed by atoms with Crippen LogP contribution in [0.4, 0.5) is 0 Å². The van der Waals surface area contributed by atoms with Gasteiger partial charge in [-0.25, -0.2) is 9.10 Å². The number of benzene rings is 1. The zero-order valence-electron chi connectivity index (χ0n) is 13.3. The Labute approximate surface area is 142 Å². The van der Waals surface area contributed by atoms with Gasteiger partial charge in [-0.05, 0) is 29.8 Å². The number of methoxy groups -OCH3 is 2. The van der Waals surface area contributed by atoms with Crippen LogP contribution in [0.15, 0.2) is 42.6 Å². The highest BCUT2D eigenvalue weighted by molar-refractivity contribution is 7.76. The molecule has 1 unspecified atom stereocenters. The number of ether oxygens (including phenoxy) is 2. The summed E-state index contributed by atoms with van der Waals surface area (Å²) in [7, 11) is 2.85. The van der Waals surface area contributed by atoms with Crippen molar-refractivity contribution in [1.29, 1.82) is 0 Å². The van der Waals surface area contributed by atoms with Crippen molar-refractivity contribution in [2.75, 3.05) is 14.2 Å². The summed E-state index contributed by atoms with van der Waals surface area (Å²) in [6, 6.07) is 10.3. The first-order valence-electron chi connectivity index (χ1n) is 7.04. The van der Waals surface area contributed by atoms with E-state index in [9.17, 15) is 13.6 Å². The minimum atomic E-state index is -2.41. The van der Waals surface area contributed by atoms with E-state index in [1.807, 2.05) is 0 Å². The molecule has 0 aliphatic rings. The molecule has 2 rings (SSSR count). The first-order valence-corrected chi connectivity index (χ1v) is 8.07. The Hall–Kier alpha value is -2.29. The van der Waals surface area contributed by atoms with Gasteiger partial charge in [0.25, 0.3) is 0 Å². The summed E-state index contributed by atoms with van der Waals surface area (Å²) in [5.41, 5.74) is 1.66. The van der Waals surface area contributed by atoms with Gasteiger partial charge < -0.3 is 14.0 Å². The number of esters is 1. The van der Waals surface area contributed by atoms with E-state index in [0.717, 1.165) is 5.56 Å². The zero-order chi connectivity index (χ0) is 17.5. The number of carbonyl (C=O) groups excluding carboxylic acids is 1. The minimum Gasteiger partial charge on any atom is -0.760 e. The molecule has 0 aliphatic carbocycles. The van der Waals surface area contributed by atoms with E-state index in [2.05, 4.69) is 9.72 Å². The van der Waals surface area contributed by atoms with Crippen LogP contribution in [-0.2, 0) is 29.1 Å². The second-order valence-corrected chi connectivity index (χ2v) is 5.84. The van der Waals surface area contributed by atoms with E-state index >= 15 is 0 Å². The first kappa shape index (κ1) is 18.1. The van der Waals surface area contributed by atoms with Gasteiger partial charge in [0.2, 0.25) is 0 Å². The topological polar surface area (TPSA) is 91.8 Å². The third-order valence-electron chi connectivity index (χ3n) is 3.31. The van der Waals surface area contributed by atoms with Crippen LogP contribution in [0.1, 0.15) is 21.6 Å². The van der Waals surface area contributed by atoms with Gasteiger partial charge in [0.15, 0.2) is 0 Å². The number of carbonyl (C=O) groups is 1. The summed E-state index contributed by atoms with van der Waals surface area (Å²) in [4.78, 5) is 15.5. The Bertz CT molecular complexity index is 703. The first-order chi connectivity index (χ1) is 11.5. The molecule has 1 aromatic carbocycles. The number of aromatic nitrogens is 1. The highest BCUT2D eigenvalue weighted by Gasteiger charge is 2.11. The van der Waals surface area contributed by atoms with Crippen molar-refractivity contribution in [3.05, 3.63) is 59.4 Å². The van der Waals surface area contributed by atoms with Gasteiger partial charge >= 0.3 is 5.97 Å². The molecule has 1 atom stereocenters. The fourth-order valence-electron chi connectivity index (χ4n) is 2.03. The molecule has 0 fully saturated rings. The predicted octanol–water partition coefficient (Wildman–Crippen LogP) is 1.67. The lowest BCUT2D eigenvalue weighted by Crippen LogP contribution is -2.25. The van der Waals surface area contributed by atoms with Crippen molar-refractivity contribution >= 4 is 17.2 Å². The third kappa shape index (κ3) is 4.85. The van der Waals surface area contributed by atoms with Crippen molar-refractivity contribution in [2.45, 2.75) is 13.1 Å². The smallest absolute Gasteiger partial charge is 0.339 e. The van der Waals surface area contributed by atoms with Crippen LogP contribution in [-0.4, -0.2) is 38.2 Å². The molecule has 8 heteroatoms. The van der Waals surface area contributed by atoms with E-state index in [0.29, 0.717) is 17.0 Å². The van der Waals surface area contributed by atoms with E-state index in [1.54, 1.807) is 43.5 Å². The Kier molecular flexibility index (Phi) is 6.42. The number of hydrogen-bond acceptors (Lipinski definition) is 6. The second kappa shape index (κ2) is 8.53. The van der Waals surface area contributed by atoms with Crippen molar-refractivity contribution in [2.24, 2.45) is 0 Å². The largest absolute Gasteiger partial charge is 0.760 e. The molecule has 24 heavy (non-hydrogen) atoms. The normalized spacial score (nSPS) is 12.0. The molecule has 0 radical (unpaired) electrons. The summed E-state index contributed by atoms with van der Waals surface area (Å²) in [5, 5.41) is 0. The van der Waals surface area contributed by atoms with Crippen LogP contribution in [0.5, 0.6) is 5.75 Å². The van der Waals surface area contributed by atoms with Gasteiger partial charge in [-0.3, -0.25) is 9.19 Å². The van der Waals surface area contributed by atoms with Gasteiger partial charge in [0, 0.05) is 24.0 Å². The van der Waals surface area contributed by atoms with Crippen molar-refractivity contribution in [3.8, 4) is 5.75 Å². The van der Waals surface area contributed by atoms with E-state index in [-0.39, 0.29) is 13.1 Å². The Morgan fingerprint density at radius 3 is 2.38 bits per heavy atom. The Morgan fingerprint density at radius 1 is 1.17 bits per heavy atom. The number of nitrogens with zero attached hydrogens (tertiary/aromatic N) is 2. The van der Waals surface area contributed by atoms with Crippen LogP contribution >= 0.6 is 0 Å². The van der Waals surface area contributed by atoms with Crippen molar-refractivity contribution < 1.29 is 23.0 Å². The Balaban J connectivity index is 2.07. The average molecular weight is 349 g/mol. The molecule has 1 heterocycles. The molecule has 0 bridgehead atoms. The van der Waals surface area contributed by atoms with E-state index in [4.69, 9.17) is 4.74 Å². The SMILES string of the molecule is COC(=O)c1ccc(CN(Cc2ccc(OC)cc2)S(=O)[O-])nc1. The lowest BCUT2D eigenvalue weighted by molar-refractivity contribution is 0.0600. The molecule has 0 aliphatic heterocycles. The van der Waals surface area contributed by atoms with Crippen LogP contribution in [0.2, 0.25) is 0 Å². The molecule has 2 aromatic rings. The fourth-order valence-corrected chi connectivity index (χ4v) is 2.53. The van der Waals surface area contributed by atoms with Gasteiger partial charge in [-0.15, -0.1) is 0 Å². The summed E-state index contributed by atoms with van der Waals surface area (Å²) < 4.78 is 33.8. The lowest BCUT2D eigenvalue weighted by Gasteiger charge is -2.24. The maximum atomic E-state index is 11.5. The highest BCUT2D eigenvalue weighted by atomic mass is 32.2. The molecule has 0 spiro atoms. The molecule has 128 valence electrons. The van der Waals surface area contributed by atoms with Gasteiger partial charge in [0.05, 0.1) is 32.0 Å². The summed E-state index contributed by atoms with van der Waals surface area (Å²) in [5.74, 6) is 0.213. The highest BCUT2D eigenvalue weighted by Crippen LogP contribution is 2.15. The standard InChI is InChI=1S/C16H18N2O5S/c1-22-15-7-3-12(4-8-15)10-18(24(20)21)11-14-6-5-13(9-17-14)16(19)23-2/h3-9H,10-11H2,1-2H3,(H,20,21)/p-1. The van der Waals surface area contributed by atoms with Crippen molar-refractivity contribution in [3.63, 3.8) is 0 Å². The zero-order valence-corrected chi connectivity index (χ0v) is 14.1. The van der Waals surface area contributed by atoms with Crippen LogP contribution in [0, 0.1) is 0 Å². The van der Waals surface area contributed by atoms with Gasteiger partial charge in [0.1, 0.15) is 5.75 Å². The summed E-state index contributed by atoms with van der Waals surface area (Å²) in [6.45, 7) is 0.310. The molecule has 0 amide bonds. The average Bonchev–Trinajstić information content (AvgIpc) is 2.61. The van der Waals surface area contributed by atoms with Gasteiger partial charge in [-0.2, -0.15) is 0 Å². The van der Waals surface area contributed by atoms with Crippen LogP contribution < -0.4 is 4.74 Å². The predicted molar refractivity (Wildman–Crippen MR) is 86.7 cm³/mol. The third-order valence-corrected chi connectivity index (χ3v) is 3.99. The number of hydrogen-bond donors (Lipinski definition) is 0. The van der Waals surface area contributed by atoms with Crippen molar-refractivity contribution in [1.82, 2.24) is 9.29 Å².